The number of hydrogen-bond acceptors (Lipinski definition) is 2. The number of aryl methyl sites for hydroxylation is 3. The molecule has 1 spiro atoms. The first-order valence-corrected chi connectivity index (χ1v) is 31.1. The molecule has 17 rings (SSSR count). The van der Waals surface area contributed by atoms with Gasteiger partial charge < -0.3 is 9.80 Å². The molecule has 0 aromatic heterocycles. The molecule has 5 aliphatic rings. The zero-order chi connectivity index (χ0) is 59.0. The first kappa shape index (κ1) is 51.6. The Morgan fingerprint density at radius 1 is 0.218 bits per heavy atom. The predicted octanol–water partition coefficient (Wildman–Crippen LogP) is 22.5. The van der Waals surface area contributed by atoms with Crippen molar-refractivity contribution < 1.29 is 0 Å². The fourth-order valence-electron chi connectivity index (χ4n) is 16.8. The molecule has 87 heavy (non-hydrogen) atoms. The largest absolute Gasteiger partial charge is 0.310 e. The quantitative estimate of drug-likeness (QED) is 0.157. The van der Waals surface area contributed by atoms with E-state index in [1.54, 1.807) is 0 Å². The molecule has 2 heteroatoms. The minimum atomic E-state index is -0.462. The van der Waals surface area contributed by atoms with Crippen LogP contribution in [0.5, 0.6) is 0 Å². The van der Waals surface area contributed by atoms with Crippen molar-refractivity contribution in [3.63, 3.8) is 0 Å². The monoisotopic (exact) mass is 1120 g/mol. The number of anilines is 6. The molecule has 0 saturated heterocycles. The van der Waals surface area contributed by atoms with Crippen molar-refractivity contribution in [1.29, 1.82) is 0 Å². The molecule has 0 radical (unpaired) electrons. The maximum atomic E-state index is 2.52. The highest BCUT2D eigenvalue weighted by Gasteiger charge is 2.52. The van der Waals surface area contributed by atoms with Crippen LogP contribution in [0.15, 0.2) is 249 Å². The Hall–Kier alpha value is -9.76. The molecule has 0 heterocycles. The molecule has 0 atom stereocenters. The van der Waals surface area contributed by atoms with Crippen LogP contribution in [0.4, 0.5) is 34.1 Å². The van der Waals surface area contributed by atoms with Gasteiger partial charge in [0.1, 0.15) is 0 Å². The number of benzene rings is 12. The Morgan fingerprint density at radius 2 is 0.494 bits per heavy atom. The van der Waals surface area contributed by atoms with Crippen molar-refractivity contribution >= 4 is 34.1 Å². The summed E-state index contributed by atoms with van der Waals surface area (Å²) < 4.78 is 0. The van der Waals surface area contributed by atoms with Gasteiger partial charge in [-0.15, -0.1) is 0 Å². The third-order valence-electron chi connectivity index (χ3n) is 21.1. The summed E-state index contributed by atoms with van der Waals surface area (Å²) in [6, 6.07) is 95.6. The van der Waals surface area contributed by atoms with Crippen LogP contribution >= 0.6 is 0 Å². The fourth-order valence-corrected chi connectivity index (χ4v) is 16.8. The summed E-state index contributed by atoms with van der Waals surface area (Å²) in [6.07, 6.45) is 0. The van der Waals surface area contributed by atoms with Gasteiger partial charge in [-0.3, -0.25) is 0 Å². The van der Waals surface area contributed by atoms with E-state index in [0.29, 0.717) is 0 Å². The zero-order valence-corrected chi connectivity index (χ0v) is 51.1. The van der Waals surface area contributed by atoms with E-state index in [-0.39, 0.29) is 16.2 Å². The Balaban J connectivity index is 0.793. The molecule has 0 fully saturated rings. The Labute approximate surface area is 512 Å². The van der Waals surface area contributed by atoms with E-state index in [4.69, 9.17) is 0 Å². The van der Waals surface area contributed by atoms with E-state index in [2.05, 4.69) is 321 Å². The molecular formula is C85H68N2. The number of rotatable bonds is 7. The molecule has 2 nitrogen and oxygen atoms in total. The molecule has 0 aliphatic heterocycles. The van der Waals surface area contributed by atoms with Gasteiger partial charge in [0, 0.05) is 50.4 Å². The van der Waals surface area contributed by atoms with Gasteiger partial charge in [0.2, 0.25) is 0 Å². The lowest BCUT2D eigenvalue weighted by molar-refractivity contribution is 0.659. The van der Waals surface area contributed by atoms with Crippen molar-refractivity contribution in [2.45, 2.75) is 84.0 Å². The highest BCUT2D eigenvalue weighted by Crippen LogP contribution is 2.64. The summed E-state index contributed by atoms with van der Waals surface area (Å²) in [5.41, 5.74) is 39.0. The van der Waals surface area contributed by atoms with Crippen molar-refractivity contribution in [1.82, 2.24) is 0 Å². The second kappa shape index (κ2) is 18.1. The lowest BCUT2D eigenvalue weighted by Gasteiger charge is -2.32. The Morgan fingerprint density at radius 3 is 0.908 bits per heavy atom. The lowest BCUT2D eigenvalue weighted by Crippen LogP contribution is -2.26. The molecule has 0 N–H and O–H groups in total. The second-order valence-corrected chi connectivity index (χ2v) is 27.0. The van der Waals surface area contributed by atoms with E-state index in [0.717, 1.165) is 34.1 Å². The second-order valence-electron chi connectivity index (χ2n) is 27.0. The van der Waals surface area contributed by atoms with Crippen LogP contribution in [-0.2, 0) is 21.7 Å². The van der Waals surface area contributed by atoms with Crippen molar-refractivity contribution in [3.8, 4) is 66.8 Å². The summed E-state index contributed by atoms with van der Waals surface area (Å²) in [5, 5.41) is 0. The van der Waals surface area contributed by atoms with E-state index in [9.17, 15) is 0 Å². The van der Waals surface area contributed by atoms with E-state index in [1.165, 1.54) is 139 Å². The molecular weight excluding hydrogens is 1050 g/mol. The van der Waals surface area contributed by atoms with Crippen molar-refractivity contribution in [2.24, 2.45) is 0 Å². The van der Waals surface area contributed by atoms with Crippen LogP contribution in [-0.4, -0.2) is 0 Å². The topological polar surface area (TPSA) is 6.48 Å². The summed E-state index contributed by atoms with van der Waals surface area (Å²) in [4.78, 5) is 5.02. The summed E-state index contributed by atoms with van der Waals surface area (Å²) in [5.74, 6) is 0. The SMILES string of the molecule is Cc1ccc2c(c1)C(C)(C)c1cc(N(c3ccc(-c4ccc(N(c5ccc6c(c5)C(C)(C)c5ccccc5-6)c5ccc6c(c5)C5(c7ccccc7-c7ccccc75)c5ccccc5-6)cc4)c(C)c3)c3ccc4c(c3)C(C)(C)c3cc(C)ccc3-4)ccc1-2. The molecule has 5 aliphatic carbocycles. The molecule has 418 valence electrons. The smallest absolute Gasteiger partial charge is 0.0726 e. The van der Waals surface area contributed by atoms with Crippen LogP contribution in [0.1, 0.15) is 114 Å². The molecule has 0 bridgehead atoms. The predicted molar refractivity (Wildman–Crippen MR) is 364 cm³/mol. The lowest BCUT2D eigenvalue weighted by atomic mass is 9.70. The van der Waals surface area contributed by atoms with Gasteiger partial charge in [-0.05, 0) is 222 Å². The maximum Gasteiger partial charge on any atom is 0.0726 e. The van der Waals surface area contributed by atoms with E-state index >= 15 is 0 Å². The molecule has 0 amide bonds. The van der Waals surface area contributed by atoms with Crippen LogP contribution in [0.2, 0.25) is 0 Å². The average Bonchev–Trinajstić information content (AvgIpc) is 1.52. The Kier molecular flexibility index (Phi) is 10.8. The van der Waals surface area contributed by atoms with Gasteiger partial charge in [0.15, 0.2) is 0 Å². The average molecular weight is 1120 g/mol. The van der Waals surface area contributed by atoms with E-state index < -0.39 is 5.41 Å². The first-order chi connectivity index (χ1) is 42.1. The molecule has 12 aromatic rings. The zero-order valence-electron chi connectivity index (χ0n) is 51.1. The fraction of sp³-hybridized carbons (Fsp3) is 0.153. The highest BCUT2D eigenvalue weighted by molar-refractivity contribution is 5.97. The summed E-state index contributed by atoms with van der Waals surface area (Å²) in [7, 11) is 0. The van der Waals surface area contributed by atoms with Crippen LogP contribution in [0.3, 0.4) is 0 Å². The molecule has 0 unspecified atom stereocenters. The number of nitrogens with zero attached hydrogens (tertiary/aromatic N) is 2. The number of fused-ring (bicyclic) bond motifs is 19. The summed E-state index contributed by atoms with van der Waals surface area (Å²) >= 11 is 0. The van der Waals surface area contributed by atoms with Crippen LogP contribution in [0, 0.1) is 20.8 Å². The standard InChI is InChI=1S/C85H68N2/c1-51-26-37-66-69-41-34-58(48-79(69)83(6,7)76(66)44-51)87(59-35-42-70-67-38-27-52(2)45-77(67)84(8,9)80(70)49-59)56-32-39-61(53(3)46-56)54-28-30-55(31-29-54)86(57-33-40-68-62-18-10-14-22-72(62)82(4,5)78(68)47-57)60-36-43-71-65-21-13-17-25-75(65)85(81(71)50-60)73-23-15-11-19-63(73)64-20-12-16-24-74(64)85/h10-50H,1-9H3. The van der Waals surface area contributed by atoms with Gasteiger partial charge in [0.05, 0.1) is 5.41 Å². The third-order valence-corrected chi connectivity index (χ3v) is 21.1. The first-order valence-electron chi connectivity index (χ1n) is 31.1. The minimum Gasteiger partial charge on any atom is -0.310 e. The normalized spacial score (nSPS) is 15.3. The minimum absolute atomic E-state index is 0.148. The van der Waals surface area contributed by atoms with Crippen molar-refractivity contribution in [3.05, 3.63) is 321 Å². The van der Waals surface area contributed by atoms with Gasteiger partial charge >= 0.3 is 0 Å². The van der Waals surface area contributed by atoms with Crippen LogP contribution < -0.4 is 9.80 Å². The van der Waals surface area contributed by atoms with Gasteiger partial charge in [-0.1, -0.05) is 229 Å². The van der Waals surface area contributed by atoms with Crippen molar-refractivity contribution in [2.75, 3.05) is 9.80 Å². The summed E-state index contributed by atoms with van der Waals surface area (Å²) in [6.45, 7) is 21.1. The molecule has 0 saturated carbocycles. The van der Waals surface area contributed by atoms with Gasteiger partial charge in [-0.2, -0.15) is 0 Å². The maximum absolute atomic E-state index is 2.52. The third kappa shape index (κ3) is 7.10. The highest BCUT2D eigenvalue weighted by atomic mass is 15.1. The Bertz CT molecular complexity index is 4770. The van der Waals surface area contributed by atoms with Gasteiger partial charge in [0.25, 0.3) is 0 Å². The van der Waals surface area contributed by atoms with Gasteiger partial charge in [-0.25, -0.2) is 0 Å². The van der Waals surface area contributed by atoms with E-state index in [1.807, 2.05) is 0 Å². The van der Waals surface area contributed by atoms with Crippen LogP contribution in [0.25, 0.3) is 66.8 Å². The number of hydrogen-bond donors (Lipinski definition) is 0. The molecule has 12 aromatic carbocycles.